The summed E-state index contributed by atoms with van der Waals surface area (Å²) in [6.07, 6.45) is 14.0. The molecule has 0 aliphatic rings. The van der Waals surface area contributed by atoms with Crippen molar-refractivity contribution in [2.75, 3.05) is 13.2 Å². The van der Waals surface area contributed by atoms with Crippen molar-refractivity contribution in [1.29, 1.82) is 0 Å². The van der Waals surface area contributed by atoms with Gasteiger partial charge in [0.2, 0.25) is 0 Å². The van der Waals surface area contributed by atoms with Crippen LogP contribution in [-0.2, 0) is 0 Å². The SMILES string of the molecule is CCCCCCCCOc1ccc(-c2ccc(O[B]Oc3ccc(-c4ccc(OCCCCCCCC)c(F)c4)cc3)cc2)cc1F. The van der Waals surface area contributed by atoms with E-state index < -0.39 is 0 Å². The lowest BCUT2D eigenvalue weighted by atomic mass is 10.0. The molecule has 0 spiro atoms. The maximum Gasteiger partial charge on any atom is 0.658 e. The van der Waals surface area contributed by atoms with Crippen molar-refractivity contribution in [1.82, 2.24) is 0 Å². The van der Waals surface area contributed by atoms with Crippen LogP contribution in [0.25, 0.3) is 22.3 Å². The smallest absolute Gasteiger partial charge is 0.526 e. The third-order valence-corrected chi connectivity index (χ3v) is 8.12. The number of halogens is 2. The summed E-state index contributed by atoms with van der Waals surface area (Å²) in [4.78, 5) is 0. The molecule has 4 nitrogen and oxygen atoms in total. The van der Waals surface area contributed by atoms with E-state index in [-0.39, 0.29) is 23.1 Å². The highest BCUT2D eigenvalue weighted by atomic mass is 19.1. The Morgan fingerprint density at radius 1 is 0.447 bits per heavy atom. The molecule has 1 radical (unpaired) electrons. The summed E-state index contributed by atoms with van der Waals surface area (Å²) in [5.41, 5.74) is 3.25. The molecule has 0 bridgehead atoms. The first kappa shape index (κ1) is 35.9. The van der Waals surface area contributed by atoms with Crippen molar-refractivity contribution in [2.24, 2.45) is 0 Å². The zero-order chi connectivity index (χ0) is 33.1. The zero-order valence-electron chi connectivity index (χ0n) is 27.9. The molecule has 47 heavy (non-hydrogen) atoms. The molecule has 7 heteroatoms. The monoisotopic (exact) mass is 641 g/mol. The van der Waals surface area contributed by atoms with Crippen molar-refractivity contribution < 1.29 is 27.6 Å². The van der Waals surface area contributed by atoms with Crippen molar-refractivity contribution >= 4 is 7.69 Å². The minimum Gasteiger partial charge on any atom is -0.526 e. The van der Waals surface area contributed by atoms with Gasteiger partial charge in [-0.1, -0.05) is 114 Å². The molecule has 4 aromatic carbocycles. The third-order valence-electron chi connectivity index (χ3n) is 8.12. The Labute approximate surface area is 280 Å². The fourth-order valence-corrected chi connectivity index (χ4v) is 5.31. The normalized spacial score (nSPS) is 10.9. The molecule has 0 saturated carbocycles. The van der Waals surface area contributed by atoms with E-state index in [9.17, 15) is 8.78 Å². The van der Waals surface area contributed by atoms with Crippen LogP contribution in [0, 0.1) is 11.6 Å². The summed E-state index contributed by atoms with van der Waals surface area (Å²) >= 11 is 0. The highest BCUT2D eigenvalue weighted by Gasteiger charge is 2.10. The molecule has 4 rings (SSSR count). The first-order valence-corrected chi connectivity index (χ1v) is 17.3. The van der Waals surface area contributed by atoms with Crippen LogP contribution < -0.4 is 18.8 Å². The van der Waals surface area contributed by atoms with Crippen LogP contribution in [0.3, 0.4) is 0 Å². The predicted molar refractivity (Wildman–Crippen MR) is 188 cm³/mol. The van der Waals surface area contributed by atoms with E-state index in [0.29, 0.717) is 24.7 Å². The Bertz CT molecular complexity index is 1350. The molecule has 249 valence electrons. The molecule has 0 N–H and O–H groups in total. The lowest BCUT2D eigenvalue weighted by molar-refractivity contribution is 0.290. The highest BCUT2D eigenvalue weighted by Crippen LogP contribution is 2.29. The number of hydrogen-bond acceptors (Lipinski definition) is 4. The highest BCUT2D eigenvalue weighted by molar-refractivity contribution is 6.20. The van der Waals surface area contributed by atoms with Crippen molar-refractivity contribution in [3.05, 3.63) is 96.6 Å². The largest absolute Gasteiger partial charge is 0.658 e. The number of unbranched alkanes of at least 4 members (excludes halogenated alkanes) is 10. The van der Waals surface area contributed by atoms with Gasteiger partial charge in [-0.05, 0) is 83.6 Å². The van der Waals surface area contributed by atoms with E-state index in [4.69, 9.17) is 18.8 Å². The zero-order valence-corrected chi connectivity index (χ0v) is 27.9. The van der Waals surface area contributed by atoms with Gasteiger partial charge >= 0.3 is 7.69 Å². The van der Waals surface area contributed by atoms with Crippen LogP contribution in [0.5, 0.6) is 23.0 Å². The molecule has 0 aliphatic carbocycles. The Kier molecular flexibility index (Phi) is 15.5. The molecule has 4 aromatic rings. The Morgan fingerprint density at radius 2 is 0.809 bits per heavy atom. The quantitative estimate of drug-likeness (QED) is 0.0632. The van der Waals surface area contributed by atoms with Crippen LogP contribution in [0.4, 0.5) is 8.78 Å². The van der Waals surface area contributed by atoms with E-state index in [2.05, 4.69) is 13.8 Å². The van der Waals surface area contributed by atoms with Crippen molar-refractivity contribution in [3.63, 3.8) is 0 Å². The number of rotatable bonds is 22. The summed E-state index contributed by atoms with van der Waals surface area (Å²) < 4.78 is 51.9. The molecule has 0 fully saturated rings. The number of benzene rings is 4. The van der Waals surface area contributed by atoms with Crippen molar-refractivity contribution in [3.8, 4) is 45.3 Å². The molecular formula is C40H48BF2O4. The second-order valence-electron chi connectivity index (χ2n) is 11.9. The minimum absolute atomic E-state index is 0.288. The average molecular weight is 642 g/mol. The molecule has 0 heterocycles. The third kappa shape index (κ3) is 12.3. The second kappa shape index (κ2) is 20.3. The van der Waals surface area contributed by atoms with Gasteiger partial charge in [-0.2, -0.15) is 0 Å². The lowest BCUT2D eigenvalue weighted by Crippen LogP contribution is -2.10. The van der Waals surface area contributed by atoms with Gasteiger partial charge in [-0.25, -0.2) is 8.78 Å². The first-order valence-electron chi connectivity index (χ1n) is 17.3. The van der Waals surface area contributed by atoms with Gasteiger partial charge in [0.15, 0.2) is 23.1 Å². The van der Waals surface area contributed by atoms with E-state index in [0.717, 1.165) is 47.9 Å². The molecule has 0 amide bonds. The van der Waals surface area contributed by atoms with Crippen LogP contribution >= 0.6 is 0 Å². The van der Waals surface area contributed by atoms with Crippen LogP contribution in [-0.4, -0.2) is 20.9 Å². The van der Waals surface area contributed by atoms with Crippen LogP contribution in [0.15, 0.2) is 84.9 Å². The summed E-state index contributed by atoms with van der Waals surface area (Å²) in [5, 5.41) is 0. The van der Waals surface area contributed by atoms with Gasteiger partial charge in [0, 0.05) is 0 Å². The molecular weight excluding hydrogens is 593 g/mol. The molecule has 0 aliphatic heterocycles. The molecule has 0 saturated heterocycles. The van der Waals surface area contributed by atoms with Gasteiger partial charge < -0.3 is 18.8 Å². The van der Waals surface area contributed by atoms with E-state index in [1.807, 2.05) is 36.4 Å². The van der Waals surface area contributed by atoms with Gasteiger partial charge in [0.25, 0.3) is 0 Å². The van der Waals surface area contributed by atoms with Gasteiger partial charge in [0.1, 0.15) is 11.5 Å². The lowest BCUT2D eigenvalue weighted by Gasteiger charge is -2.11. The van der Waals surface area contributed by atoms with Gasteiger partial charge in [-0.3, -0.25) is 0 Å². The Hall–Kier alpha value is -4.00. The van der Waals surface area contributed by atoms with Crippen LogP contribution in [0.2, 0.25) is 0 Å². The van der Waals surface area contributed by atoms with Crippen LogP contribution in [0.1, 0.15) is 90.9 Å². The second-order valence-corrected chi connectivity index (χ2v) is 11.9. The summed E-state index contributed by atoms with van der Waals surface area (Å²) in [6, 6.07) is 24.8. The topological polar surface area (TPSA) is 36.9 Å². The van der Waals surface area contributed by atoms with E-state index in [1.54, 1.807) is 36.4 Å². The van der Waals surface area contributed by atoms with Gasteiger partial charge in [0.05, 0.1) is 13.2 Å². The number of hydrogen-bond donors (Lipinski definition) is 0. The maximum absolute atomic E-state index is 14.7. The first-order chi connectivity index (χ1) is 23.1. The predicted octanol–water partition coefficient (Wildman–Crippen LogP) is 11.8. The molecule has 0 atom stereocenters. The fraction of sp³-hybridized carbons (Fsp3) is 0.400. The summed E-state index contributed by atoms with van der Waals surface area (Å²) in [6.45, 7) is 5.46. The number of ether oxygens (including phenoxy) is 2. The molecule has 0 unspecified atom stereocenters. The summed E-state index contributed by atoms with van der Waals surface area (Å²) in [5.74, 6) is 1.01. The van der Waals surface area contributed by atoms with Crippen molar-refractivity contribution in [2.45, 2.75) is 90.9 Å². The minimum atomic E-state index is -0.364. The summed E-state index contributed by atoms with van der Waals surface area (Å²) in [7, 11) is 1.26. The maximum atomic E-state index is 14.7. The Balaban J connectivity index is 1.18. The van der Waals surface area contributed by atoms with Gasteiger partial charge in [-0.15, -0.1) is 0 Å². The fourth-order valence-electron chi connectivity index (χ4n) is 5.31. The Morgan fingerprint density at radius 3 is 1.19 bits per heavy atom. The average Bonchev–Trinajstić information content (AvgIpc) is 3.09. The van der Waals surface area contributed by atoms with E-state index in [1.165, 1.54) is 71.2 Å². The molecule has 0 aromatic heterocycles. The van der Waals surface area contributed by atoms with E-state index >= 15 is 0 Å². The standard InChI is InChI=1S/C40H48BF2O4/c1-3-5-7-9-11-13-27-44-39-25-19-33(29-37(39)42)31-15-21-35(22-16-31)46-41-47-36-23-17-32(18-24-36)34-20-26-40(38(43)30-34)45-28-14-12-10-8-6-4-2/h15-26,29-30H,3-14,27-28H2,1-2H3.